The maximum Gasteiger partial charge on any atom is 0.305 e. The van der Waals surface area contributed by atoms with Gasteiger partial charge in [0, 0.05) is 6.04 Å². The Labute approximate surface area is 95.6 Å². The summed E-state index contributed by atoms with van der Waals surface area (Å²) in [4.78, 5) is 22.4. The Morgan fingerprint density at radius 3 is 2.81 bits per heavy atom. The minimum Gasteiger partial charge on any atom is -0.481 e. The number of aliphatic carboxylic acids is 1. The molecule has 92 valence electrons. The van der Waals surface area contributed by atoms with Crippen LogP contribution in [0.1, 0.15) is 39.0 Å². The summed E-state index contributed by atoms with van der Waals surface area (Å²) in [6.45, 7) is 2.85. The molecule has 0 bridgehead atoms. The van der Waals surface area contributed by atoms with Gasteiger partial charge in [-0.2, -0.15) is 0 Å². The van der Waals surface area contributed by atoms with E-state index in [4.69, 9.17) is 5.11 Å². The summed E-state index contributed by atoms with van der Waals surface area (Å²) in [6, 6.07) is -0.370. The number of rotatable bonds is 6. The maximum absolute atomic E-state index is 11.7. The topological polar surface area (TPSA) is 78.4 Å². The van der Waals surface area contributed by atoms with Crippen molar-refractivity contribution in [1.82, 2.24) is 10.6 Å². The van der Waals surface area contributed by atoms with Gasteiger partial charge in [0.15, 0.2) is 0 Å². The molecule has 1 fully saturated rings. The van der Waals surface area contributed by atoms with Crippen LogP contribution in [0.3, 0.4) is 0 Å². The third kappa shape index (κ3) is 4.18. The molecule has 5 nitrogen and oxygen atoms in total. The highest BCUT2D eigenvalue weighted by atomic mass is 16.4. The van der Waals surface area contributed by atoms with Gasteiger partial charge in [-0.25, -0.2) is 0 Å². The average molecular weight is 228 g/mol. The summed E-state index contributed by atoms with van der Waals surface area (Å²) < 4.78 is 0. The minimum absolute atomic E-state index is 0.00625. The molecule has 1 unspecified atom stereocenters. The Hall–Kier alpha value is -1.10. The van der Waals surface area contributed by atoms with E-state index in [2.05, 4.69) is 10.6 Å². The predicted octanol–water partition coefficient (Wildman–Crippen LogP) is 0.498. The van der Waals surface area contributed by atoms with Crippen LogP contribution < -0.4 is 10.6 Å². The third-order valence-electron chi connectivity index (χ3n) is 2.78. The smallest absolute Gasteiger partial charge is 0.305 e. The Kier molecular flexibility index (Phi) is 5.25. The minimum atomic E-state index is -0.863. The zero-order chi connectivity index (χ0) is 12.0. The normalized spacial score (nSPS) is 21.7. The van der Waals surface area contributed by atoms with Crippen LogP contribution in [0, 0.1) is 0 Å². The van der Waals surface area contributed by atoms with E-state index in [1.54, 1.807) is 0 Å². The molecular formula is C11H20N2O3. The number of carbonyl (C=O) groups excluding carboxylic acids is 1. The SMILES string of the molecule is CCCC(CC(=O)O)NC(=O)[C@@H]1CCCN1. The van der Waals surface area contributed by atoms with E-state index in [9.17, 15) is 9.59 Å². The second-order valence-corrected chi connectivity index (χ2v) is 4.24. The molecule has 5 heteroatoms. The summed E-state index contributed by atoms with van der Waals surface area (Å²) in [5.41, 5.74) is 0. The molecule has 3 N–H and O–H groups in total. The summed E-state index contributed by atoms with van der Waals surface area (Å²) >= 11 is 0. The first kappa shape index (κ1) is 13.0. The predicted molar refractivity (Wildman–Crippen MR) is 60.1 cm³/mol. The number of carboxylic acids is 1. The van der Waals surface area contributed by atoms with Gasteiger partial charge in [0.05, 0.1) is 12.5 Å². The number of carboxylic acid groups (broad SMARTS) is 1. The fraction of sp³-hybridized carbons (Fsp3) is 0.818. The largest absolute Gasteiger partial charge is 0.481 e. The van der Waals surface area contributed by atoms with Gasteiger partial charge in [0.1, 0.15) is 0 Å². The first-order valence-electron chi connectivity index (χ1n) is 5.89. The summed E-state index contributed by atoms with van der Waals surface area (Å²) in [6.07, 6.45) is 3.45. The fourth-order valence-electron chi connectivity index (χ4n) is 1.99. The number of hydrogen-bond donors (Lipinski definition) is 3. The van der Waals surface area contributed by atoms with Crippen molar-refractivity contribution < 1.29 is 14.7 Å². The van der Waals surface area contributed by atoms with Crippen molar-refractivity contribution in [2.45, 2.75) is 51.1 Å². The molecule has 1 aliphatic heterocycles. The van der Waals surface area contributed by atoms with Crippen LogP contribution in [-0.2, 0) is 9.59 Å². The van der Waals surface area contributed by atoms with Crippen LogP contribution in [-0.4, -0.2) is 35.6 Å². The fourth-order valence-corrected chi connectivity index (χ4v) is 1.99. The highest BCUT2D eigenvalue weighted by Crippen LogP contribution is 2.07. The molecule has 1 heterocycles. The average Bonchev–Trinajstić information content (AvgIpc) is 2.69. The van der Waals surface area contributed by atoms with E-state index in [-0.39, 0.29) is 24.4 Å². The Balaban J connectivity index is 2.39. The van der Waals surface area contributed by atoms with Gasteiger partial charge in [0.25, 0.3) is 0 Å². The summed E-state index contributed by atoms with van der Waals surface area (Å²) in [5, 5.41) is 14.6. The van der Waals surface area contributed by atoms with Crippen LogP contribution >= 0.6 is 0 Å². The maximum atomic E-state index is 11.7. The molecule has 0 radical (unpaired) electrons. The molecule has 0 spiro atoms. The van der Waals surface area contributed by atoms with Gasteiger partial charge >= 0.3 is 5.97 Å². The molecular weight excluding hydrogens is 208 g/mol. The molecule has 16 heavy (non-hydrogen) atoms. The van der Waals surface area contributed by atoms with E-state index >= 15 is 0 Å². The lowest BCUT2D eigenvalue weighted by molar-refractivity contribution is -0.137. The Morgan fingerprint density at radius 1 is 1.56 bits per heavy atom. The van der Waals surface area contributed by atoms with E-state index in [0.717, 1.165) is 25.8 Å². The monoisotopic (exact) mass is 228 g/mol. The second kappa shape index (κ2) is 6.48. The zero-order valence-corrected chi connectivity index (χ0v) is 9.66. The van der Waals surface area contributed by atoms with Crippen LogP contribution in [0.4, 0.5) is 0 Å². The Bertz CT molecular complexity index is 250. The quantitative estimate of drug-likeness (QED) is 0.618. The van der Waals surface area contributed by atoms with E-state index in [1.807, 2.05) is 6.92 Å². The van der Waals surface area contributed by atoms with Crippen molar-refractivity contribution in [1.29, 1.82) is 0 Å². The molecule has 0 saturated carbocycles. The van der Waals surface area contributed by atoms with Gasteiger partial charge < -0.3 is 15.7 Å². The lowest BCUT2D eigenvalue weighted by Gasteiger charge is -2.18. The molecule has 1 amide bonds. The number of carbonyl (C=O) groups is 2. The third-order valence-corrected chi connectivity index (χ3v) is 2.78. The summed E-state index contributed by atoms with van der Waals surface area (Å²) in [7, 11) is 0. The summed E-state index contributed by atoms with van der Waals surface area (Å²) in [5.74, 6) is -0.921. The molecule has 0 aromatic rings. The van der Waals surface area contributed by atoms with Crippen molar-refractivity contribution in [3.8, 4) is 0 Å². The van der Waals surface area contributed by atoms with E-state index in [0.29, 0.717) is 6.42 Å². The lowest BCUT2D eigenvalue weighted by atomic mass is 10.1. The van der Waals surface area contributed by atoms with Gasteiger partial charge in [-0.05, 0) is 25.8 Å². The van der Waals surface area contributed by atoms with Crippen molar-refractivity contribution in [2.24, 2.45) is 0 Å². The van der Waals surface area contributed by atoms with Crippen LogP contribution in [0.5, 0.6) is 0 Å². The lowest BCUT2D eigenvalue weighted by Crippen LogP contribution is -2.45. The van der Waals surface area contributed by atoms with Gasteiger partial charge in [-0.1, -0.05) is 13.3 Å². The first-order valence-corrected chi connectivity index (χ1v) is 5.89. The standard InChI is InChI=1S/C11H20N2O3/c1-2-4-8(7-10(14)15)13-11(16)9-5-3-6-12-9/h8-9,12H,2-7H2,1H3,(H,13,16)(H,14,15)/t8?,9-/m0/s1. The number of nitrogens with one attached hydrogen (secondary N) is 2. The van der Waals surface area contributed by atoms with Crippen molar-refractivity contribution >= 4 is 11.9 Å². The molecule has 1 rings (SSSR count). The van der Waals surface area contributed by atoms with E-state index in [1.165, 1.54) is 0 Å². The second-order valence-electron chi connectivity index (χ2n) is 4.24. The molecule has 0 aromatic heterocycles. The first-order chi connectivity index (χ1) is 7.63. The van der Waals surface area contributed by atoms with E-state index < -0.39 is 5.97 Å². The van der Waals surface area contributed by atoms with Crippen molar-refractivity contribution in [3.05, 3.63) is 0 Å². The number of amides is 1. The zero-order valence-electron chi connectivity index (χ0n) is 9.66. The van der Waals surface area contributed by atoms with Crippen molar-refractivity contribution in [2.75, 3.05) is 6.54 Å². The van der Waals surface area contributed by atoms with Crippen LogP contribution in [0.25, 0.3) is 0 Å². The van der Waals surface area contributed by atoms with Gasteiger partial charge in [-0.15, -0.1) is 0 Å². The molecule has 1 saturated heterocycles. The molecule has 2 atom stereocenters. The molecule has 0 aromatic carbocycles. The van der Waals surface area contributed by atoms with Crippen molar-refractivity contribution in [3.63, 3.8) is 0 Å². The highest BCUT2D eigenvalue weighted by molar-refractivity contribution is 5.82. The molecule has 0 aliphatic carbocycles. The Morgan fingerprint density at radius 2 is 2.31 bits per heavy atom. The van der Waals surface area contributed by atoms with Crippen LogP contribution in [0.15, 0.2) is 0 Å². The van der Waals surface area contributed by atoms with Gasteiger partial charge in [0.2, 0.25) is 5.91 Å². The highest BCUT2D eigenvalue weighted by Gasteiger charge is 2.24. The van der Waals surface area contributed by atoms with Crippen LogP contribution in [0.2, 0.25) is 0 Å². The number of hydrogen-bond acceptors (Lipinski definition) is 3. The van der Waals surface area contributed by atoms with Gasteiger partial charge in [-0.3, -0.25) is 9.59 Å². The molecule has 1 aliphatic rings.